The highest BCUT2D eigenvalue weighted by molar-refractivity contribution is 4.93. The first kappa shape index (κ1) is 11.7. The second-order valence-corrected chi connectivity index (χ2v) is 5.34. The highest BCUT2D eigenvalue weighted by atomic mass is 15.1. The third-order valence-corrected chi connectivity index (χ3v) is 4.52. The molecule has 2 aliphatic rings. The molecule has 0 aromatic heterocycles. The predicted octanol–water partition coefficient (Wildman–Crippen LogP) is 3.25. The standard InChI is InChI=1S/C12H22N4/c13-16-15-10-12(6-8-14-9-7-12)11-4-2-1-3-5-11/h11,14H,1-10H2. The van der Waals surface area contributed by atoms with Gasteiger partial charge in [-0.1, -0.05) is 24.4 Å². The normalized spacial score (nSPS) is 26.0. The summed E-state index contributed by atoms with van der Waals surface area (Å²) < 4.78 is 0. The van der Waals surface area contributed by atoms with Gasteiger partial charge in [-0.2, -0.15) is 0 Å². The maximum Gasteiger partial charge on any atom is 0.0318 e. The summed E-state index contributed by atoms with van der Waals surface area (Å²) in [6.45, 7) is 2.91. The van der Waals surface area contributed by atoms with E-state index in [1.165, 1.54) is 44.9 Å². The minimum Gasteiger partial charge on any atom is -0.317 e. The van der Waals surface area contributed by atoms with Gasteiger partial charge >= 0.3 is 0 Å². The van der Waals surface area contributed by atoms with Crippen LogP contribution >= 0.6 is 0 Å². The number of hydrogen-bond acceptors (Lipinski definition) is 2. The van der Waals surface area contributed by atoms with E-state index in [-0.39, 0.29) is 0 Å². The molecule has 2 rings (SSSR count). The lowest BCUT2D eigenvalue weighted by Crippen LogP contribution is -2.44. The lowest BCUT2D eigenvalue weighted by atomic mass is 9.64. The lowest BCUT2D eigenvalue weighted by Gasteiger charge is -2.45. The molecule has 1 saturated carbocycles. The Kier molecular flexibility index (Phi) is 4.08. The van der Waals surface area contributed by atoms with Crippen LogP contribution in [0.5, 0.6) is 0 Å². The average Bonchev–Trinajstić information content (AvgIpc) is 2.38. The minimum atomic E-state index is 0.317. The van der Waals surface area contributed by atoms with Crippen LogP contribution in [0.3, 0.4) is 0 Å². The number of hydrogen-bond donors (Lipinski definition) is 1. The summed E-state index contributed by atoms with van der Waals surface area (Å²) in [4.78, 5) is 2.97. The van der Waals surface area contributed by atoms with E-state index in [4.69, 9.17) is 5.53 Å². The van der Waals surface area contributed by atoms with E-state index >= 15 is 0 Å². The third-order valence-electron chi connectivity index (χ3n) is 4.52. The molecule has 1 saturated heterocycles. The van der Waals surface area contributed by atoms with Gasteiger partial charge in [-0.05, 0) is 55.6 Å². The van der Waals surface area contributed by atoms with E-state index in [0.29, 0.717) is 5.41 Å². The number of nitrogens with zero attached hydrogens (tertiary/aromatic N) is 3. The van der Waals surface area contributed by atoms with Crippen LogP contribution in [0.2, 0.25) is 0 Å². The Balaban J connectivity index is 2.07. The van der Waals surface area contributed by atoms with Gasteiger partial charge in [0.1, 0.15) is 0 Å². The molecule has 1 aliphatic carbocycles. The molecule has 1 heterocycles. The van der Waals surface area contributed by atoms with Crippen molar-refractivity contribution < 1.29 is 0 Å². The molecule has 0 aromatic carbocycles. The van der Waals surface area contributed by atoms with Crippen LogP contribution in [0, 0.1) is 11.3 Å². The molecule has 0 amide bonds. The van der Waals surface area contributed by atoms with Gasteiger partial charge in [0.15, 0.2) is 0 Å². The van der Waals surface area contributed by atoms with E-state index in [0.717, 1.165) is 25.6 Å². The van der Waals surface area contributed by atoms with Gasteiger partial charge in [-0.3, -0.25) is 0 Å². The van der Waals surface area contributed by atoms with Crippen LogP contribution in [0.1, 0.15) is 44.9 Å². The molecule has 0 radical (unpaired) electrons. The first-order valence-electron chi connectivity index (χ1n) is 6.59. The summed E-state index contributed by atoms with van der Waals surface area (Å²) in [5, 5.41) is 7.32. The van der Waals surface area contributed by atoms with Crippen molar-refractivity contribution in [3.05, 3.63) is 10.4 Å². The number of piperidine rings is 1. The molecule has 1 N–H and O–H groups in total. The topological polar surface area (TPSA) is 60.8 Å². The molecule has 0 bridgehead atoms. The lowest BCUT2D eigenvalue weighted by molar-refractivity contribution is 0.0840. The molecule has 2 fully saturated rings. The minimum absolute atomic E-state index is 0.317. The van der Waals surface area contributed by atoms with Crippen molar-refractivity contribution in [1.29, 1.82) is 0 Å². The first-order chi connectivity index (χ1) is 7.87. The van der Waals surface area contributed by atoms with Crippen molar-refractivity contribution in [2.24, 2.45) is 16.4 Å². The van der Waals surface area contributed by atoms with Crippen LogP contribution in [0.4, 0.5) is 0 Å². The Labute approximate surface area is 97.4 Å². The Morgan fingerprint density at radius 3 is 2.50 bits per heavy atom. The molecule has 0 atom stereocenters. The summed E-state index contributed by atoms with van der Waals surface area (Å²) in [7, 11) is 0. The summed E-state index contributed by atoms with van der Waals surface area (Å²) in [5.74, 6) is 0.800. The van der Waals surface area contributed by atoms with Gasteiger partial charge in [-0.25, -0.2) is 0 Å². The molecule has 16 heavy (non-hydrogen) atoms. The van der Waals surface area contributed by atoms with Crippen LogP contribution in [0.25, 0.3) is 10.4 Å². The Morgan fingerprint density at radius 2 is 1.88 bits per heavy atom. The van der Waals surface area contributed by atoms with Crippen LogP contribution in [0.15, 0.2) is 5.11 Å². The molecule has 4 heteroatoms. The molecular formula is C12H22N4. The second kappa shape index (κ2) is 5.55. The largest absolute Gasteiger partial charge is 0.317 e. The van der Waals surface area contributed by atoms with Gasteiger partial charge in [0, 0.05) is 11.5 Å². The van der Waals surface area contributed by atoms with Crippen molar-refractivity contribution in [2.75, 3.05) is 19.6 Å². The molecule has 0 aromatic rings. The maximum atomic E-state index is 8.55. The molecule has 90 valence electrons. The van der Waals surface area contributed by atoms with E-state index in [9.17, 15) is 0 Å². The molecular weight excluding hydrogens is 200 g/mol. The van der Waals surface area contributed by atoms with Crippen molar-refractivity contribution >= 4 is 0 Å². The maximum absolute atomic E-state index is 8.55. The average molecular weight is 222 g/mol. The van der Waals surface area contributed by atoms with Gasteiger partial charge in [-0.15, -0.1) is 0 Å². The summed E-state index contributed by atoms with van der Waals surface area (Å²) >= 11 is 0. The zero-order chi connectivity index (χ0) is 11.3. The van der Waals surface area contributed by atoms with Gasteiger partial charge in [0.2, 0.25) is 0 Å². The Hall–Kier alpha value is -0.730. The number of azide groups is 1. The Morgan fingerprint density at radius 1 is 1.19 bits per heavy atom. The zero-order valence-electron chi connectivity index (χ0n) is 9.99. The quantitative estimate of drug-likeness (QED) is 0.445. The van der Waals surface area contributed by atoms with Crippen LogP contribution < -0.4 is 5.32 Å². The fraction of sp³-hybridized carbons (Fsp3) is 1.00. The van der Waals surface area contributed by atoms with E-state index < -0.39 is 0 Å². The summed E-state index contributed by atoms with van der Waals surface area (Å²) in [5.41, 5.74) is 8.87. The second-order valence-electron chi connectivity index (χ2n) is 5.34. The Bertz CT molecular complexity index is 258. The van der Waals surface area contributed by atoms with Crippen molar-refractivity contribution in [2.45, 2.75) is 44.9 Å². The number of rotatable bonds is 3. The molecule has 1 aliphatic heterocycles. The molecule has 4 nitrogen and oxygen atoms in total. The summed E-state index contributed by atoms with van der Waals surface area (Å²) in [6.07, 6.45) is 9.22. The SMILES string of the molecule is [N-]=[N+]=NCC1(C2CCCCC2)CCNCC1. The van der Waals surface area contributed by atoms with Gasteiger partial charge < -0.3 is 5.32 Å². The van der Waals surface area contributed by atoms with E-state index in [1.54, 1.807) is 0 Å². The smallest absolute Gasteiger partial charge is 0.0318 e. The predicted molar refractivity (Wildman–Crippen MR) is 65.1 cm³/mol. The fourth-order valence-corrected chi connectivity index (χ4v) is 3.51. The highest BCUT2D eigenvalue weighted by Crippen LogP contribution is 2.44. The van der Waals surface area contributed by atoms with Crippen LogP contribution in [-0.4, -0.2) is 19.6 Å². The highest BCUT2D eigenvalue weighted by Gasteiger charge is 2.39. The number of nitrogens with one attached hydrogen (secondary N) is 1. The van der Waals surface area contributed by atoms with Crippen molar-refractivity contribution in [3.63, 3.8) is 0 Å². The van der Waals surface area contributed by atoms with Crippen molar-refractivity contribution in [3.8, 4) is 0 Å². The zero-order valence-corrected chi connectivity index (χ0v) is 9.99. The van der Waals surface area contributed by atoms with E-state index in [1.807, 2.05) is 0 Å². The molecule has 0 unspecified atom stereocenters. The third kappa shape index (κ3) is 2.50. The monoisotopic (exact) mass is 222 g/mol. The summed E-state index contributed by atoms with van der Waals surface area (Å²) in [6, 6.07) is 0. The fourth-order valence-electron chi connectivity index (χ4n) is 3.51. The van der Waals surface area contributed by atoms with Gasteiger partial charge in [0.25, 0.3) is 0 Å². The van der Waals surface area contributed by atoms with Gasteiger partial charge in [0.05, 0.1) is 0 Å². The molecule has 0 spiro atoms. The van der Waals surface area contributed by atoms with Crippen molar-refractivity contribution in [1.82, 2.24) is 5.32 Å². The van der Waals surface area contributed by atoms with E-state index in [2.05, 4.69) is 15.3 Å². The van der Waals surface area contributed by atoms with Crippen LogP contribution in [-0.2, 0) is 0 Å². The first-order valence-corrected chi connectivity index (χ1v) is 6.59.